The summed E-state index contributed by atoms with van der Waals surface area (Å²) in [6, 6.07) is 10.9. The van der Waals surface area contributed by atoms with E-state index in [0.29, 0.717) is 18.2 Å². The van der Waals surface area contributed by atoms with E-state index in [1.807, 2.05) is 6.92 Å². The first-order valence-electron chi connectivity index (χ1n) is 6.67. The molecule has 110 valence electrons. The molecule has 0 aliphatic heterocycles. The Hall–Kier alpha value is -2.43. The summed E-state index contributed by atoms with van der Waals surface area (Å²) >= 11 is 0. The Morgan fingerprint density at radius 3 is 2.62 bits per heavy atom. The molecule has 1 aromatic carbocycles. The van der Waals surface area contributed by atoms with E-state index in [1.54, 1.807) is 30.3 Å². The maximum Gasteiger partial charge on any atom is 0.312 e. The number of halogens is 1. The Morgan fingerprint density at radius 1 is 1.29 bits per heavy atom. The second-order valence-corrected chi connectivity index (χ2v) is 4.56. The van der Waals surface area contributed by atoms with Crippen LogP contribution in [0.15, 0.2) is 42.5 Å². The van der Waals surface area contributed by atoms with Gasteiger partial charge in [0.25, 0.3) is 0 Å². The van der Waals surface area contributed by atoms with E-state index in [2.05, 4.69) is 4.98 Å². The van der Waals surface area contributed by atoms with Crippen molar-refractivity contribution in [3.63, 3.8) is 0 Å². The third-order valence-electron chi connectivity index (χ3n) is 3.05. The zero-order valence-electron chi connectivity index (χ0n) is 11.6. The van der Waals surface area contributed by atoms with Gasteiger partial charge in [-0.1, -0.05) is 18.2 Å². The smallest absolute Gasteiger partial charge is 0.312 e. The Labute approximate surface area is 122 Å². The van der Waals surface area contributed by atoms with Crippen molar-refractivity contribution < 1.29 is 19.0 Å². The average molecular weight is 289 g/mol. The fourth-order valence-corrected chi connectivity index (χ4v) is 2.03. The van der Waals surface area contributed by atoms with Gasteiger partial charge in [0, 0.05) is 6.07 Å². The fraction of sp³-hybridized carbons (Fsp3) is 0.250. The Kier molecular flexibility index (Phi) is 4.87. The number of carbonyl (C=O) groups is 1. The fourth-order valence-electron chi connectivity index (χ4n) is 2.03. The number of rotatable bonds is 6. The number of aromatic nitrogens is 1. The van der Waals surface area contributed by atoms with E-state index in [-0.39, 0.29) is 12.2 Å². The summed E-state index contributed by atoms with van der Waals surface area (Å²) in [5, 5.41) is 9.41. The summed E-state index contributed by atoms with van der Waals surface area (Å²) in [7, 11) is 0. The van der Waals surface area contributed by atoms with Gasteiger partial charge in [0.15, 0.2) is 0 Å². The standard InChI is InChI=1S/C16H16FNO3/c1-2-21-15-5-3-4-14(18-15)13(16(19)20)10-11-6-8-12(17)9-7-11/h3-9,13H,2,10H2,1H3,(H,19,20). The van der Waals surface area contributed by atoms with Crippen LogP contribution in [0, 0.1) is 5.82 Å². The molecule has 2 rings (SSSR count). The molecule has 1 atom stereocenters. The number of carboxylic acids is 1. The number of aliphatic carboxylic acids is 1. The second kappa shape index (κ2) is 6.83. The molecule has 0 aliphatic rings. The Balaban J connectivity index is 2.24. The molecule has 0 amide bonds. The molecule has 0 aliphatic carbocycles. The molecule has 1 unspecified atom stereocenters. The Bertz CT molecular complexity index is 613. The van der Waals surface area contributed by atoms with Gasteiger partial charge >= 0.3 is 5.97 Å². The van der Waals surface area contributed by atoms with Crippen LogP contribution in [0.2, 0.25) is 0 Å². The summed E-state index contributed by atoms with van der Waals surface area (Å²) < 4.78 is 18.2. The van der Waals surface area contributed by atoms with E-state index in [9.17, 15) is 14.3 Å². The van der Waals surface area contributed by atoms with Crippen molar-refractivity contribution in [3.8, 4) is 5.88 Å². The van der Waals surface area contributed by atoms with Gasteiger partial charge in [-0.25, -0.2) is 9.37 Å². The highest BCUT2D eigenvalue weighted by Gasteiger charge is 2.22. The van der Waals surface area contributed by atoms with Gasteiger partial charge in [0.05, 0.1) is 12.3 Å². The first-order valence-corrected chi connectivity index (χ1v) is 6.67. The van der Waals surface area contributed by atoms with Crippen LogP contribution >= 0.6 is 0 Å². The highest BCUT2D eigenvalue weighted by Crippen LogP contribution is 2.22. The van der Waals surface area contributed by atoms with Crippen molar-refractivity contribution in [2.45, 2.75) is 19.3 Å². The first-order chi connectivity index (χ1) is 10.1. The molecule has 1 aromatic heterocycles. The van der Waals surface area contributed by atoms with Gasteiger partial charge in [-0.2, -0.15) is 0 Å². The van der Waals surface area contributed by atoms with Crippen molar-refractivity contribution >= 4 is 5.97 Å². The van der Waals surface area contributed by atoms with Gasteiger partial charge in [0.1, 0.15) is 11.7 Å². The highest BCUT2D eigenvalue weighted by molar-refractivity contribution is 5.75. The van der Waals surface area contributed by atoms with Crippen LogP contribution < -0.4 is 4.74 Å². The molecule has 1 N–H and O–H groups in total. The summed E-state index contributed by atoms with van der Waals surface area (Å²) in [5.74, 6) is -1.71. The molecule has 0 bridgehead atoms. The van der Waals surface area contributed by atoms with E-state index in [4.69, 9.17) is 4.74 Å². The number of nitrogens with zero attached hydrogens (tertiary/aromatic N) is 1. The minimum Gasteiger partial charge on any atom is -0.481 e. The SMILES string of the molecule is CCOc1cccc(C(Cc2ccc(F)cc2)C(=O)O)n1. The summed E-state index contributed by atoms with van der Waals surface area (Å²) in [4.78, 5) is 15.7. The van der Waals surface area contributed by atoms with Crippen molar-refractivity contribution in [2.75, 3.05) is 6.61 Å². The molecule has 5 heteroatoms. The van der Waals surface area contributed by atoms with Crippen LogP contribution in [0.4, 0.5) is 4.39 Å². The Morgan fingerprint density at radius 2 is 2.00 bits per heavy atom. The van der Waals surface area contributed by atoms with Gasteiger partial charge in [-0.3, -0.25) is 4.79 Å². The predicted molar refractivity (Wildman–Crippen MR) is 75.9 cm³/mol. The van der Waals surface area contributed by atoms with Crippen LogP contribution in [0.1, 0.15) is 24.1 Å². The van der Waals surface area contributed by atoms with E-state index in [1.165, 1.54) is 12.1 Å². The van der Waals surface area contributed by atoms with Gasteiger partial charge in [0.2, 0.25) is 5.88 Å². The lowest BCUT2D eigenvalue weighted by molar-refractivity contribution is -0.138. The third-order valence-corrected chi connectivity index (χ3v) is 3.05. The highest BCUT2D eigenvalue weighted by atomic mass is 19.1. The van der Waals surface area contributed by atoms with E-state index >= 15 is 0 Å². The molecule has 0 saturated carbocycles. The second-order valence-electron chi connectivity index (χ2n) is 4.56. The molecule has 2 aromatic rings. The number of carboxylic acid groups (broad SMARTS) is 1. The number of benzene rings is 1. The average Bonchev–Trinajstić information content (AvgIpc) is 2.47. The molecule has 21 heavy (non-hydrogen) atoms. The summed E-state index contributed by atoms with van der Waals surface area (Å²) in [6.07, 6.45) is 0.248. The lowest BCUT2D eigenvalue weighted by Gasteiger charge is -2.13. The largest absolute Gasteiger partial charge is 0.481 e. The van der Waals surface area contributed by atoms with Gasteiger partial charge in [-0.15, -0.1) is 0 Å². The quantitative estimate of drug-likeness (QED) is 0.888. The number of hydrogen-bond acceptors (Lipinski definition) is 3. The summed E-state index contributed by atoms with van der Waals surface area (Å²) in [5.41, 5.74) is 1.17. The van der Waals surface area contributed by atoms with Crippen LogP contribution in [0.3, 0.4) is 0 Å². The maximum absolute atomic E-state index is 12.9. The number of pyridine rings is 1. The predicted octanol–water partition coefficient (Wildman–Crippen LogP) is 3.03. The molecular formula is C16H16FNO3. The van der Waals surface area contributed by atoms with Crippen LogP contribution in [0.25, 0.3) is 0 Å². The third kappa shape index (κ3) is 4.02. The monoisotopic (exact) mass is 289 g/mol. The van der Waals surface area contributed by atoms with Crippen LogP contribution in [0.5, 0.6) is 5.88 Å². The van der Waals surface area contributed by atoms with Crippen LogP contribution in [-0.2, 0) is 11.2 Å². The molecule has 0 spiro atoms. The van der Waals surface area contributed by atoms with Crippen LogP contribution in [-0.4, -0.2) is 22.7 Å². The zero-order chi connectivity index (χ0) is 15.2. The summed E-state index contributed by atoms with van der Waals surface area (Å²) in [6.45, 7) is 2.30. The molecule has 0 fully saturated rings. The van der Waals surface area contributed by atoms with E-state index < -0.39 is 11.9 Å². The van der Waals surface area contributed by atoms with Crippen molar-refractivity contribution in [2.24, 2.45) is 0 Å². The molecule has 0 radical (unpaired) electrons. The zero-order valence-corrected chi connectivity index (χ0v) is 11.6. The molecule has 0 saturated heterocycles. The number of ether oxygens (including phenoxy) is 1. The van der Waals surface area contributed by atoms with E-state index in [0.717, 1.165) is 5.56 Å². The van der Waals surface area contributed by atoms with Gasteiger partial charge in [-0.05, 0) is 37.1 Å². The molecular weight excluding hydrogens is 273 g/mol. The lowest BCUT2D eigenvalue weighted by Crippen LogP contribution is -2.16. The molecule has 4 nitrogen and oxygen atoms in total. The lowest BCUT2D eigenvalue weighted by atomic mass is 9.96. The van der Waals surface area contributed by atoms with Gasteiger partial charge < -0.3 is 9.84 Å². The topological polar surface area (TPSA) is 59.4 Å². The van der Waals surface area contributed by atoms with Crippen molar-refractivity contribution in [3.05, 3.63) is 59.5 Å². The van der Waals surface area contributed by atoms with Crippen molar-refractivity contribution in [1.29, 1.82) is 0 Å². The maximum atomic E-state index is 12.9. The normalized spacial score (nSPS) is 11.9. The first kappa shape index (κ1) is 15.0. The van der Waals surface area contributed by atoms with Crippen molar-refractivity contribution in [1.82, 2.24) is 4.98 Å². The molecule has 1 heterocycles. The minimum atomic E-state index is -0.972. The minimum absolute atomic E-state index is 0.248. The number of hydrogen-bond donors (Lipinski definition) is 1.